The summed E-state index contributed by atoms with van der Waals surface area (Å²) in [5.41, 5.74) is 0.200. The molecule has 2 rings (SSSR count). The number of benzene rings is 1. The fraction of sp³-hybridized carbons (Fsp3) is 0.500. The van der Waals surface area contributed by atoms with E-state index in [0.29, 0.717) is 0 Å². The molecule has 0 radical (unpaired) electrons. The lowest BCUT2D eigenvalue weighted by atomic mass is 9.99. The number of alkyl halides is 3. The van der Waals surface area contributed by atoms with Gasteiger partial charge in [0, 0.05) is 12.6 Å². The first-order valence-electron chi connectivity index (χ1n) is 6.93. The maximum atomic E-state index is 12.8. The van der Waals surface area contributed by atoms with Gasteiger partial charge in [0.15, 0.2) is 0 Å². The number of rotatable bonds is 3. The molecule has 0 saturated carbocycles. The van der Waals surface area contributed by atoms with Gasteiger partial charge in [0.05, 0.1) is 16.5 Å². The minimum atomic E-state index is -4.32. The average Bonchev–Trinajstić information content (AvgIpc) is 2.45. The van der Waals surface area contributed by atoms with Crippen molar-refractivity contribution in [3.8, 4) is 6.07 Å². The van der Waals surface area contributed by atoms with Gasteiger partial charge < -0.3 is 0 Å². The molecule has 1 aliphatic rings. The van der Waals surface area contributed by atoms with Gasteiger partial charge in [-0.1, -0.05) is 6.07 Å². The topological polar surface area (TPSA) is 73.2 Å². The summed E-state index contributed by atoms with van der Waals surface area (Å²) in [4.78, 5) is 1.04. The lowest BCUT2D eigenvalue weighted by Crippen LogP contribution is -2.54. The van der Waals surface area contributed by atoms with Gasteiger partial charge in [0.2, 0.25) is 10.0 Å². The Kier molecular flexibility index (Phi) is 4.98. The number of hydrogen-bond donors (Lipinski definition) is 1. The Morgan fingerprint density at radius 1 is 1.35 bits per heavy atom. The number of piperidine rings is 1. The summed E-state index contributed by atoms with van der Waals surface area (Å²) in [5, 5.41) is 8.81. The number of sulfonamides is 1. The summed E-state index contributed by atoms with van der Waals surface area (Å²) < 4.78 is 65.4. The van der Waals surface area contributed by atoms with Crippen LogP contribution in [0, 0.1) is 11.3 Å². The zero-order valence-corrected chi connectivity index (χ0v) is 13.2. The van der Waals surface area contributed by atoms with Crippen LogP contribution in [0.25, 0.3) is 0 Å². The van der Waals surface area contributed by atoms with Crippen molar-refractivity contribution in [1.82, 2.24) is 9.62 Å². The highest BCUT2D eigenvalue weighted by Gasteiger charge is 2.45. The second-order valence-corrected chi connectivity index (χ2v) is 7.25. The van der Waals surface area contributed by atoms with Crippen LogP contribution in [0.15, 0.2) is 29.2 Å². The van der Waals surface area contributed by atoms with Gasteiger partial charge in [-0.2, -0.15) is 18.4 Å². The molecular formula is C14H16F3N3O2S. The van der Waals surface area contributed by atoms with Gasteiger partial charge in [-0.3, -0.25) is 4.90 Å². The van der Waals surface area contributed by atoms with Crippen LogP contribution in [-0.2, 0) is 10.0 Å². The van der Waals surface area contributed by atoms with Gasteiger partial charge >= 0.3 is 6.18 Å². The Balaban J connectivity index is 2.09. The number of nitrogens with zero attached hydrogens (tertiary/aromatic N) is 2. The van der Waals surface area contributed by atoms with Crippen molar-refractivity contribution in [3.63, 3.8) is 0 Å². The Morgan fingerprint density at radius 3 is 2.61 bits per heavy atom. The van der Waals surface area contributed by atoms with Gasteiger partial charge in [0.25, 0.3) is 0 Å². The maximum Gasteiger partial charge on any atom is 0.404 e. The molecule has 1 heterocycles. The van der Waals surface area contributed by atoms with Crippen LogP contribution in [0.5, 0.6) is 0 Å². The highest BCUT2D eigenvalue weighted by molar-refractivity contribution is 7.89. The number of nitriles is 1. The number of likely N-dealkylation sites (tertiary alicyclic amines) is 1. The normalized spacial score (nSPS) is 23.4. The van der Waals surface area contributed by atoms with E-state index in [1.54, 1.807) is 0 Å². The first-order valence-corrected chi connectivity index (χ1v) is 8.41. The molecule has 1 aromatic carbocycles. The molecule has 1 aliphatic heterocycles. The van der Waals surface area contributed by atoms with Crippen LogP contribution in [0.4, 0.5) is 13.2 Å². The molecule has 126 valence electrons. The highest BCUT2D eigenvalue weighted by Crippen LogP contribution is 2.31. The van der Waals surface area contributed by atoms with Crippen LogP contribution >= 0.6 is 0 Å². The van der Waals surface area contributed by atoms with Gasteiger partial charge in [-0.15, -0.1) is 0 Å². The van der Waals surface area contributed by atoms with E-state index in [1.807, 2.05) is 6.07 Å². The maximum absolute atomic E-state index is 12.8. The van der Waals surface area contributed by atoms with E-state index >= 15 is 0 Å². The van der Waals surface area contributed by atoms with Crippen molar-refractivity contribution in [2.45, 2.75) is 36.0 Å². The number of halogens is 3. The highest BCUT2D eigenvalue weighted by atomic mass is 32.2. The van der Waals surface area contributed by atoms with Crippen molar-refractivity contribution < 1.29 is 21.6 Å². The van der Waals surface area contributed by atoms with Crippen LogP contribution in [0.2, 0.25) is 0 Å². The van der Waals surface area contributed by atoms with Crippen molar-refractivity contribution in [2.24, 2.45) is 0 Å². The Hall–Kier alpha value is -1.63. The summed E-state index contributed by atoms with van der Waals surface area (Å²) in [7, 11) is -2.55. The summed E-state index contributed by atoms with van der Waals surface area (Å²) in [6.45, 7) is -0.0264. The van der Waals surface area contributed by atoms with E-state index in [0.717, 1.165) is 4.90 Å². The standard InChI is InChI=1S/C14H16F3N3O2S/c1-20-9-11(5-6-13(20)14(15,16)17)19-23(21,22)12-4-2-3-10(7-12)8-18/h2-4,7,11,13,19H,5-6,9H2,1H3/t11-,13-/m0/s1. The van der Waals surface area contributed by atoms with Crippen molar-refractivity contribution in [3.05, 3.63) is 29.8 Å². The van der Waals surface area contributed by atoms with Crippen LogP contribution in [0.3, 0.4) is 0 Å². The molecule has 1 saturated heterocycles. The zero-order valence-electron chi connectivity index (χ0n) is 12.3. The third-order valence-corrected chi connectivity index (χ3v) is 5.32. The minimum Gasteiger partial charge on any atom is -0.294 e. The zero-order chi connectivity index (χ0) is 17.3. The average molecular weight is 347 g/mol. The summed E-state index contributed by atoms with van der Waals surface area (Å²) in [6.07, 6.45) is -4.38. The largest absolute Gasteiger partial charge is 0.404 e. The predicted molar refractivity (Wildman–Crippen MR) is 77.0 cm³/mol. The molecule has 1 N–H and O–H groups in total. The SMILES string of the molecule is CN1C[C@@H](NS(=O)(=O)c2cccc(C#N)c2)CC[C@H]1C(F)(F)F. The smallest absolute Gasteiger partial charge is 0.294 e. The van der Waals surface area contributed by atoms with E-state index in [-0.39, 0.29) is 29.8 Å². The fourth-order valence-corrected chi connectivity index (χ4v) is 3.98. The van der Waals surface area contributed by atoms with Gasteiger partial charge in [-0.25, -0.2) is 13.1 Å². The quantitative estimate of drug-likeness (QED) is 0.906. The molecule has 9 heteroatoms. The monoisotopic (exact) mass is 347 g/mol. The molecule has 0 spiro atoms. The van der Waals surface area contributed by atoms with Crippen molar-refractivity contribution in [1.29, 1.82) is 5.26 Å². The van der Waals surface area contributed by atoms with Gasteiger partial charge in [-0.05, 0) is 38.1 Å². The third-order valence-electron chi connectivity index (χ3n) is 3.80. The van der Waals surface area contributed by atoms with Crippen LogP contribution < -0.4 is 4.72 Å². The third kappa shape index (κ3) is 4.22. The minimum absolute atomic E-state index is 0.0264. The predicted octanol–water partition coefficient (Wildman–Crippen LogP) is 1.86. The molecular weight excluding hydrogens is 331 g/mol. The molecule has 0 aromatic heterocycles. The van der Waals surface area contributed by atoms with Gasteiger partial charge in [0.1, 0.15) is 6.04 Å². The fourth-order valence-electron chi connectivity index (χ4n) is 2.68. The lowest BCUT2D eigenvalue weighted by Gasteiger charge is -2.38. The van der Waals surface area contributed by atoms with Crippen LogP contribution in [0.1, 0.15) is 18.4 Å². The second-order valence-electron chi connectivity index (χ2n) is 5.53. The lowest BCUT2D eigenvalue weighted by molar-refractivity contribution is -0.188. The first kappa shape index (κ1) is 17.7. The Bertz CT molecular complexity index is 713. The molecule has 23 heavy (non-hydrogen) atoms. The molecule has 1 aromatic rings. The van der Waals surface area contributed by atoms with E-state index in [2.05, 4.69) is 4.72 Å². The molecule has 0 aliphatic carbocycles. The number of likely N-dealkylation sites (N-methyl/N-ethyl adjacent to an activating group) is 1. The Labute approximate surface area is 132 Å². The summed E-state index contributed by atoms with van der Waals surface area (Å²) >= 11 is 0. The summed E-state index contributed by atoms with van der Waals surface area (Å²) in [5.74, 6) is 0. The molecule has 5 nitrogen and oxygen atoms in total. The second kappa shape index (κ2) is 6.47. The number of hydrogen-bond acceptors (Lipinski definition) is 4. The van der Waals surface area contributed by atoms with E-state index in [9.17, 15) is 21.6 Å². The molecule has 0 amide bonds. The Morgan fingerprint density at radius 2 is 2.04 bits per heavy atom. The molecule has 0 bridgehead atoms. The van der Waals surface area contributed by atoms with Crippen LogP contribution in [-0.4, -0.2) is 45.2 Å². The van der Waals surface area contributed by atoms with E-state index < -0.39 is 28.3 Å². The van der Waals surface area contributed by atoms with Crippen molar-refractivity contribution in [2.75, 3.05) is 13.6 Å². The van der Waals surface area contributed by atoms with Crippen molar-refractivity contribution >= 4 is 10.0 Å². The number of nitrogens with one attached hydrogen (secondary N) is 1. The first-order chi connectivity index (χ1) is 10.6. The molecule has 0 unspecified atom stereocenters. The molecule has 1 fully saturated rings. The summed E-state index contributed by atoms with van der Waals surface area (Å²) in [6, 6.07) is 5.18. The van der Waals surface area contributed by atoms with E-state index in [4.69, 9.17) is 5.26 Å². The van der Waals surface area contributed by atoms with E-state index in [1.165, 1.54) is 31.3 Å². The molecule has 2 atom stereocenters.